The SMILES string of the molecule is NC1C=NNC1Br. The Morgan fingerprint density at radius 1 is 1.86 bits per heavy atom. The van der Waals surface area contributed by atoms with Gasteiger partial charge >= 0.3 is 0 Å². The van der Waals surface area contributed by atoms with Crippen molar-refractivity contribution in [1.82, 2.24) is 5.43 Å². The molecule has 0 spiro atoms. The monoisotopic (exact) mass is 163 g/mol. The summed E-state index contributed by atoms with van der Waals surface area (Å²) in [5.74, 6) is 0. The molecule has 0 saturated heterocycles. The molecule has 3 N–H and O–H groups in total. The van der Waals surface area contributed by atoms with Gasteiger partial charge in [-0.3, -0.25) is 5.43 Å². The van der Waals surface area contributed by atoms with E-state index in [0.717, 1.165) is 0 Å². The largest absolute Gasteiger partial charge is 0.321 e. The fourth-order valence-corrected chi connectivity index (χ4v) is 0.617. The highest BCUT2D eigenvalue weighted by atomic mass is 79.9. The first-order chi connectivity index (χ1) is 3.30. The number of hydrogen-bond donors (Lipinski definition) is 2. The smallest absolute Gasteiger partial charge is 0.119 e. The van der Waals surface area contributed by atoms with Crippen LogP contribution < -0.4 is 11.2 Å². The molecule has 7 heavy (non-hydrogen) atoms. The van der Waals surface area contributed by atoms with E-state index in [9.17, 15) is 0 Å². The van der Waals surface area contributed by atoms with Crippen molar-refractivity contribution in [3.8, 4) is 0 Å². The van der Waals surface area contributed by atoms with Gasteiger partial charge in [0, 0.05) is 6.21 Å². The maximum atomic E-state index is 5.42. The fourth-order valence-electron chi connectivity index (χ4n) is 0.362. The quantitative estimate of drug-likeness (QED) is 0.379. The lowest BCUT2D eigenvalue weighted by Gasteiger charge is -2.02. The lowest BCUT2D eigenvalue weighted by molar-refractivity contribution is 0.715. The Labute approximate surface area is 50.1 Å². The number of nitrogens with one attached hydrogen (secondary N) is 1. The molecule has 0 radical (unpaired) electrons. The standard InChI is InChI=1S/C3H6BrN3/c4-3-2(5)1-6-7-3/h1-3,7H,5H2. The number of hydrazone groups is 1. The first-order valence-corrected chi connectivity index (χ1v) is 2.90. The van der Waals surface area contributed by atoms with Gasteiger partial charge in [0.25, 0.3) is 0 Å². The molecule has 0 aromatic rings. The molecule has 0 aromatic heterocycles. The van der Waals surface area contributed by atoms with Crippen LogP contribution in [0.4, 0.5) is 0 Å². The van der Waals surface area contributed by atoms with E-state index in [0.29, 0.717) is 0 Å². The molecule has 3 nitrogen and oxygen atoms in total. The van der Waals surface area contributed by atoms with Crippen LogP contribution in [0.3, 0.4) is 0 Å². The molecular weight excluding hydrogens is 158 g/mol. The van der Waals surface area contributed by atoms with Crippen molar-refractivity contribution in [3.63, 3.8) is 0 Å². The number of nitrogens with zero attached hydrogens (tertiary/aromatic N) is 1. The molecule has 2 unspecified atom stereocenters. The highest BCUT2D eigenvalue weighted by Crippen LogP contribution is 2.01. The molecule has 0 aliphatic carbocycles. The second-order valence-electron chi connectivity index (χ2n) is 1.39. The van der Waals surface area contributed by atoms with E-state index in [1.165, 1.54) is 0 Å². The van der Waals surface area contributed by atoms with E-state index in [2.05, 4.69) is 26.5 Å². The summed E-state index contributed by atoms with van der Waals surface area (Å²) in [6.07, 6.45) is 1.67. The Balaban J connectivity index is 2.45. The van der Waals surface area contributed by atoms with Crippen LogP contribution in [0.15, 0.2) is 5.10 Å². The predicted octanol–water partition coefficient (Wildman–Crippen LogP) is -0.376. The summed E-state index contributed by atoms with van der Waals surface area (Å²) in [5, 5.41) is 3.70. The summed E-state index contributed by atoms with van der Waals surface area (Å²) >= 11 is 3.24. The van der Waals surface area contributed by atoms with Gasteiger partial charge in [0.1, 0.15) is 4.95 Å². The van der Waals surface area contributed by atoms with Gasteiger partial charge in [0.05, 0.1) is 6.04 Å². The van der Waals surface area contributed by atoms with E-state index < -0.39 is 0 Å². The van der Waals surface area contributed by atoms with Crippen LogP contribution in [0.1, 0.15) is 0 Å². The van der Waals surface area contributed by atoms with Gasteiger partial charge in [-0.05, 0) is 0 Å². The third kappa shape index (κ3) is 0.920. The Morgan fingerprint density at radius 2 is 2.57 bits per heavy atom. The van der Waals surface area contributed by atoms with Crippen molar-refractivity contribution in [2.24, 2.45) is 10.8 Å². The van der Waals surface area contributed by atoms with Gasteiger partial charge in [-0.15, -0.1) is 0 Å². The second kappa shape index (κ2) is 1.79. The van der Waals surface area contributed by atoms with Crippen molar-refractivity contribution >= 4 is 22.1 Å². The molecule has 4 heteroatoms. The molecule has 0 bridgehead atoms. The maximum Gasteiger partial charge on any atom is 0.119 e. The second-order valence-corrected chi connectivity index (χ2v) is 2.37. The van der Waals surface area contributed by atoms with Crippen LogP contribution in [-0.2, 0) is 0 Å². The summed E-state index contributed by atoms with van der Waals surface area (Å²) in [6.45, 7) is 0. The van der Waals surface area contributed by atoms with Crippen molar-refractivity contribution in [1.29, 1.82) is 0 Å². The van der Waals surface area contributed by atoms with E-state index >= 15 is 0 Å². The summed E-state index contributed by atoms with van der Waals surface area (Å²) in [7, 11) is 0. The number of rotatable bonds is 0. The number of nitrogens with two attached hydrogens (primary N) is 1. The highest BCUT2D eigenvalue weighted by Gasteiger charge is 2.14. The summed E-state index contributed by atoms with van der Waals surface area (Å²) in [4.78, 5) is 0.132. The van der Waals surface area contributed by atoms with Gasteiger partial charge in [0.15, 0.2) is 0 Å². The maximum absolute atomic E-state index is 5.42. The minimum absolute atomic E-state index is 0.0278. The zero-order chi connectivity index (χ0) is 5.28. The van der Waals surface area contributed by atoms with Gasteiger partial charge in [0.2, 0.25) is 0 Å². The van der Waals surface area contributed by atoms with Crippen LogP contribution in [0.5, 0.6) is 0 Å². The minimum Gasteiger partial charge on any atom is -0.321 e. The lowest BCUT2D eigenvalue weighted by atomic mass is 10.4. The molecule has 40 valence electrons. The average molecular weight is 164 g/mol. The third-order valence-electron chi connectivity index (χ3n) is 0.782. The molecule has 2 atom stereocenters. The molecule has 0 aromatic carbocycles. The van der Waals surface area contributed by atoms with Crippen LogP contribution in [0, 0.1) is 0 Å². The number of halogens is 1. The molecule has 1 aliphatic rings. The highest BCUT2D eigenvalue weighted by molar-refractivity contribution is 9.09. The van der Waals surface area contributed by atoms with Gasteiger partial charge < -0.3 is 5.73 Å². The van der Waals surface area contributed by atoms with E-state index in [4.69, 9.17) is 5.73 Å². The van der Waals surface area contributed by atoms with Gasteiger partial charge in [-0.25, -0.2) is 0 Å². The van der Waals surface area contributed by atoms with Crippen LogP contribution in [-0.4, -0.2) is 17.2 Å². The summed E-state index contributed by atoms with van der Waals surface area (Å²) < 4.78 is 0. The fraction of sp³-hybridized carbons (Fsp3) is 0.667. The Bertz CT molecular complexity index is 92.2. The molecule has 1 heterocycles. The predicted molar refractivity (Wildman–Crippen MR) is 32.3 cm³/mol. The Morgan fingerprint density at radius 3 is 2.71 bits per heavy atom. The lowest BCUT2D eigenvalue weighted by Crippen LogP contribution is -2.32. The van der Waals surface area contributed by atoms with Crippen molar-refractivity contribution < 1.29 is 0 Å². The number of hydrogen-bond acceptors (Lipinski definition) is 3. The molecule has 0 saturated carbocycles. The first-order valence-electron chi connectivity index (χ1n) is 1.99. The van der Waals surface area contributed by atoms with E-state index in [1.54, 1.807) is 6.21 Å². The number of alkyl halides is 1. The summed E-state index contributed by atoms with van der Waals surface area (Å²) in [5.41, 5.74) is 8.15. The Kier molecular flexibility index (Phi) is 1.30. The van der Waals surface area contributed by atoms with Crippen molar-refractivity contribution in [2.45, 2.75) is 11.0 Å². The third-order valence-corrected chi connectivity index (χ3v) is 1.60. The van der Waals surface area contributed by atoms with Crippen LogP contribution in [0.2, 0.25) is 0 Å². The zero-order valence-electron chi connectivity index (χ0n) is 3.63. The average Bonchev–Trinajstić information content (AvgIpc) is 1.91. The topological polar surface area (TPSA) is 50.4 Å². The molecule has 0 fully saturated rings. The minimum atomic E-state index is 0.0278. The van der Waals surface area contributed by atoms with Crippen molar-refractivity contribution in [3.05, 3.63) is 0 Å². The van der Waals surface area contributed by atoms with Crippen LogP contribution in [0.25, 0.3) is 0 Å². The van der Waals surface area contributed by atoms with E-state index in [1.807, 2.05) is 0 Å². The molecule has 1 rings (SSSR count). The van der Waals surface area contributed by atoms with E-state index in [-0.39, 0.29) is 11.0 Å². The first kappa shape index (κ1) is 5.05. The summed E-state index contributed by atoms with van der Waals surface area (Å²) in [6, 6.07) is 0.0278. The van der Waals surface area contributed by atoms with Crippen molar-refractivity contribution in [2.75, 3.05) is 0 Å². The Hall–Kier alpha value is -0.0900. The molecule has 0 amide bonds. The normalized spacial score (nSPS) is 38.6. The van der Waals surface area contributed by atoms with Gasteiger partial charge in [-0.2, -0.15) is 5.10 Å². The van der Waals surface area contributed by atoms with Gasteiger partial charge in [-0.1, -0.05) is 15.9 Å². The van der Waals surface area contributed by atoms with Crippen LogP contribution >= 0.6 is 15.9 Å². The zero-order valence-corrected chi connectivity index (χ0v) is 5.22. The molecular formula is C3H6BrN3. The molecule has 1 aliphatic heterocycles.